The number of nitrogens with zero attached hydrogens (tertiary/aromatic N) is 1. The van der Waals surface area contributed by atoms with Crippen LogP contribution in [0, 0.1) is 14.9 Å². The number of halogens is 4. The molecule has 0 aliphatic rings. The molecule has 0 spiro atoms. The van der Waals surface area contributed by atoms with Crippen molar-refractivity contribution in [2.75, 3.05) is 5.32 Å². The van der Waals surface area contributed by atoms with Gasteiger partial charge < -0.3 is 10.1 Å². The van der Waals surface area contributed by atoms with Crippen LogP contribution in [0.15, 0.2) is 70.7 Å². The molecule has 0 saturated heterocycles. The summed E-state index contributed by atoms with van der Waals surface area (Å²) in [5, 5.41) is 13.2. The molecule has 0 unspecified atom stereocenters. The second-order valence-corrected chi connectivity index (χ2v) is 9.13. The molecule has 3 aromatic carbocycles. The highest BCUT2D eigenvalue weighted by atomic mass is 127. The third-order valence-electron chi connectivity index (χ3n) is 4.15. The fourth-order valence-corrected chi connectivity index (χ4v) is 4.78. The first-order chi connectivity index (χ1) is 14.9. The van der Waals surface area contributed by atoms with E-state index in [9.17, 15) is 10.1 Å². The maximum atomic E-state index is 12.5. The molecule has 0 aromatic heterocycles. The van der Waals surface area contributed by atoms with Crippen molar-refractivity contribution < 1.29 is 9.53 Å². The van der Waals surface area contributed by atoms with Crippen LogP contribution in [0.4, 0.5) is 5.69 Å². The third-order valence-corrected chi connectivity index (χ3v) is 6.24. The second-order valence-electron chi connectivity index (χ2n) is 6.30. The summed E-state index contributed by atoms with van der Waals surface area (Å²) in [5.74, 6) is 0.109. The summed E-state index contributed by atoms with van der Waals surface area (Å²) in [6, 6.07) is 19.9. The Labute approximate surface area is 212 Å². The number of anilines is 1. The Balaban J connectivity index is 1.80. The van der Waals surface area contributed by atoms with Crippen molar-refractivity contribution in [2.45, 2.75) is 6.61 Å². The zero-order valence-electron chi connectivity index (χ0n) is 15.8. The number of para-hydroxylation sites is 1. The van der Waals surface area contributed by atoms with Gasteiger partial charge in [0.15, 0.2) is 0 Å². The predicted octanol–water partition coefficient (Wildman–Crippen LogP) is 7.49. The number of hydrogen-bond donors (Lipinski definition) is 1. The number of benzene rings is 3. The van der Waals surface area contributed by atoms with E-state index in [-0.39, 0.29) is 5.57 Å². The Morgan fingerprint density at radius 2 is 1.81 bits per heavy atom. The molecule has 3 rings (SSSR count). The molecule has 3 aromatic rings. The van der Waals surface area contributed by atoms with Crippen molar-refractivity contribution in [3.8, 4) is 11.8 Å². The first-order valence-corrected chi connectivity index (χ1v) is 11.5. The summed E-state index contributed by atoms with van der Waals surface area (Å²) >= 11 is 17.9. The van der Waals surface area contributed by atoms with Crippen LogP contribution in [0.3, 0.4) is 0 Å². The lowest BCUT2D eigenvalue weighted by atomic mass is 10.1. The minimum atomic E-state index is -0.541. The van der Waals surface area contributed by atoms with Crippen molar-refractivity contribution in [1.29, 1.82) is 5.26 Å². The summed E-state index contributed by atoms with van der Waals surface area (Å²) < 4.78 is 7.45. The second kappa shape index (κ2) is 11.0. The lowest BCUT2D eigenvalue weighted by molar-refractivity contribution is -0.112. The van der Waals surface area contributed by atoms with E-state index in [4.69, 9.17) is 27.9 Å². The number of amides is 1. The maximum Gasteiger partial charge on any atom is 0.266 e. The molecule has 4 nitrogen and oxygen atoms in total. The standard InChI is InChI=1S/C23H14BrCl2IN2O2/c24-17-10-14(9-16(12-28)23(30)29-21-8-4-3-7-19(21)26)11-20(27)22(17)31-13-15-5-1-2-6-18(15)25/h1-11H,13H2,(H,29,30)/b16-9+. The van der Waals surface area contributed by atoms with Gasteiger partial charge in [0.05, 0.1) is 18.8 Å². The molecule has 0 heterocycles. The fourth-order valence-electron chi connectivity index (χ4n) is 2.63. The zero-order valence-corrected chi connectivity index (χ0v) is 21.1. The van der Waals surface area contributed by atoms with Gasteiger partial charge in [-0.3, -0.25) is 4.79 Å². The summed E-state index contributed by atoms with van der Waals surface area (Å²) in [4.78, 5) is 12.5. The molecule has 0 fully saturated rings. The normalized spacial score (nSPS) is 11.0. The van der Waals surface area contributed by atoms with Crippen molar-refractivity contribution in [2.24, 2.45) is 0 Å². The van der Waals surface area contributed by atoms with Gasteiger partial charge in [0, 0.05) is 10.6 Å². The van der Waals surface area contributed by atoms with E-state index in [1.54, 1.807) is 30.3 Å². The number of nitriles is 1. The van der Waals surface area contributed by atoms with Crippen LogP contribution in [0.2, 0.25) is 10.0 Å². The molecule has 156 valence electrons. The van der Waals surface area contributed by atoms with Gasteiger partial charge in [-0.1, -0.05) is 53.5 Å². The molecule has 0 atom stereocenters. The van der Waals surface area contributed by atoms with E-state index in [0.29, 0.717) is 38.1 Å². The average Bonchev–Trinajstić information content (AvgIpc) is 2.74. The SMILES string of the molecule is N#C/C(=C\c1cc(Br)c(OCc2ccccc2Cl)c(I)c1)C(=O)Nc1ccccc1Cl. The van der Waals surface area contributed by atoms with Crippen molar-refractivity contribution in [3.05, 3.63) is 95.5 Å². The first kappa shape index (κ1) is 23.6. The monoisotopic (exact) mass is 626 g/mol. The lowest BCUT2D eigenvalue weighted by Crippen LogP contribution is -2.13. The number of carbonyl (C=O) groups excluding carboxylic acids is 1. The summed E-state index contributed by atoms with van der Waals surface area (Å²) in [5.41, 5.74) is 1.94. The number of rotatable bonds is 6. The van der Waals surface area contributed by atoms with Gasteiger partial charge >= 0.3 is 0 Å². The van der Waals surface area contributed by atoms with Crippen molar-refractivity contribution in [1.82, 2.24) is 0 Å². The van der Waals surface area contributed by atoms with Crippen LogP contribution in [0.25, 0.3) is 6.08 Å². The smallest absolute Gasteiger partial charge is 0.266 e. The Morgan fingerprint density at radius 3 is 2.45 bits per heavy atom. The highest BCUT2D eigenvalue weighted by molar-refractivity contribution is 14.1. The molecule has 0 aliphatic carbocycles. The molecular weight excluding hydrogens is 614 g/mol. The molecule has 31 heavy (non-hydrogen) atoms. The number of hydrogen-bond acceptors (Lipinski definition) is 3. The van der Waals surface area contributed by atoms with Crippen molar-refractivity contribution >= 4 is 79.4 Å². The molecule has 0 aliphatic heterocycles. The largest absolute Gasteiger partial charge is 0.487 e. The summed E-state index contributed by atoms with van der Waals surface area (Å²) in [6.45, 7) is 0.313. The molecule has 1 amide bonds. The number of carbonyl (C=O) groups is 1. The van der Waals surface area contributed by atoms with Gasteiger partial charge in [0.25, 0.3) is 5.91 Å². The predicted molar refractivity (Wildman–Crippen MR) is 136 cm³/mol. The highest BCUT2D eigenvalue weighted by Gasteiger charge is 2.14. The van der Waals surface area contributed by atoms with Crippen LogP contribution >= 0.6 is 61.7 Å². The lowest BCUT2D eigenvalue weighted by Gasteiger charge is -2.12. The Bertz CT molecular complexity index is 1190. The van der Waals surface area contributed by atoms with Crippen LogP contribution in [-0.4, -0.2) is 5.91 Å². The van der Waals surface area contributed by atoms with Crippen LogP contribution in [0.1, 0.15) is 11.1 Å². The van der Waals surface area contributed by atoms with E-state index in [1.165, 1.54) is 6.08 Å². The molecule has 0 saturated carbocycles. The van der Waals surface area contributed by atoms with Crippen molar-refractivity contribution in [3.63, 3.8) is 0 Å². The van der Waals surface area contributed by atoms with Gasteiger partial charge in [0.1, 0.15) is 24.0 Å². The Hall–Kier alpha value is -2.05. The molecular formula is C23H14BrCl2IN2O2. The molecule has 0 radical (unpaired) electrons. The van der Waals surface area contributed by atoms with Gasteiger partial charge in [0.2, 0.25) is 0 Å². The van der Waals surface area contributed by atoms with E-state index >= 15 is 0 Å². The minimum absolute atomic E-state index is 0.0487. The topological polar surface area (TPSA) is 62.1 Å². The van der Waals surface area contributed by atoms with Crippen LogP contribution < -0.4 is 10.1 Å². The fraction of sp³-hybridized carbons (Fsp3) is 0.0435. The number of nitrogens with one attached hydrogen (secondary N) is 1. The van der Waals surface area contributed by atoms with Crippen LogP contribution in [-0.2, 0) is 11.4 Å². The van der Waals surface area contributed by atoms with E-state index < -0.39 is 5.91 Å². The summed E-state index contributed by atoms with van der Waals surface area (Å²) in [7, 11) is 0. The van der Waals surface area contributed by atoms with Gasteiger partial charge in [-0.25, -0.2) is 0 Å². The maximum absolute atomic E-state index is 12.5. The van der Waals surface area contributed by atoms with Gasteiger partial charge in [-0.15, -0.1) is 0 Å². The van der Waals surface area contributed by atoms with Gasteiger partial charge in [-0.05, 0) is 80.5 Å². The minimum Gasteiger partial charge on any atom is -0.487 e. The third kappa shape index (κ3) is 6.23. The molecule has 0 bridgehead atoms. The van der Waals surface area contributed by atoms with E-state index in [0.717, 1.165) is 9.13 Å². The molecule has 1 N–H and O–H groups in total. The average molecular weight is 628 g/mol. The first-order valence-electron chi connectivity index (χ1n) is 8.92. The number of ether oxygens (including phenoxy) is 1. The van der Waals surface area contributed by atoms with E-state index in [1.807, 2.05) is 36.4 Å². The van der Waals surface area contributed by atoms with E-state index in [2.05, 4.69) is 43.8 Å². The van der Waals surface area contributed by atoms with Gasteiger partial charge in [-0.2, -0.15) is 5.26 Å². The zero-order chi connectivity index (χ0) is 22.4. The Morgan fingerprint density at radius 1 is 1.13 bits per heavy atom. The van der Waals surface area contributed by atoms with Crippen LogP contribution in [0.5, 0.6) is 5.75 Å². The quantitative estimate of drug-likeness (QED) is 0.175. The highest BCUT2D eigenvalue weighted by Crippen LogP contribution is 2.34. The summed E-state index contributed by atoms with van der Waals surface area (Å²) in [6.07, 6.45) is 1.51. The Kier molecular flexibility index (Phi) is 8.38. The molecule has 8 heteroatoms.